The molecule has 44 heavy (non-hydrogen) atoms. The third kappa shape index (κ3) is 5.03. The maximum atomic E-state index is 16.0. The van der Waals surface area contributed by atoms with E-state index in [1.807, 2.05) is 0 Å². The van der Waals surface area contributed by atoms with Crippen LogP contribution in [-0.2, 0) is 32.0 Å². The van der Waals surface area contributed by atoms with E-state index in [9.17, 15) is 18.9 Å². The van der Waals surface area contributed by atoms with Gasteiger partial charge < -0.3 is 30.6 Å². The molecular weight excluding hydrogens is 636 g/mol. The van der Waals surface area contributed by atoms with Crippen molar-refractivity contribution in [3.63, 3.8) is 0 Å². The molecule has 0 radical (unpaired) electrons. The highest BCUT2D eigenvalue weighted by Gasteiger charge is 2.54. The number of hydrogen-bond acceptors (Lipinski definition) is 15. The minimum absolute atomic E-state index is 0.0115. The molecule has 0 amide bonds. The molecule has 0 spiro atoms. The molecule has 1 aliphatic carbocycles. The molecule has 0 bridgehead atoms. The fraction of sp³-hybridized carbons (Fsp3) is 0.524. The Morgan fingerprint density at radius 2 is 1.36 bits per heavy atom. The Hall–Kier alpha value is -3.26. The zero-order chi connectivity index (χ0) is 31.0. The van der Waals surface area contributed by atoms with Crippen molar-refractivity contribution >= 4 is 49.6 Å². The van der Waals surface area contributed by atoms with E-state index in [2.05, 4.69) is 29.9 Å². The molecule has 7 rings (SSSR count). The minimum Gasteiger partial charge on any atom is -0.382 e. The second kappa shape index (κ2) is 10.7. The van der Waals surface area contributed by atoms with Crippen molar-refractivity contribution in [1.29, 1.82) is 0 Å². The van der Waals surface area contributed by atoms with E-state index in [1.165, 1.54) is 17.2 Å². The van der Waals surface area contributed by atoms with Crippen LogP contribution >= 0.6 is 15.6 Å². The Bertz CT molecular complexity index is 1700. The first-order valence-electron chi connectivity index (χ1n) is 13.0. The third-order valence-corrected chi connectivity index (χ3v) is 9.70. The molecule has 4 aromatic heterocycles. The van der Waals surface area contributed by atoms with E-state index >= 15 is 8.78 Å². The summed E-state index contributed by atoms with van der Waals surface area (Å²) in [4.78, 5) is 45.1. The largest absolute Gasteiger partial charge is 0.472 e. The van der Waals surface area contributed by atoms with Gasteiger partial charge in [-0.1, -0.05) is 0 Å². The summed E-state index contributed by atoms with van der Waals surface area (Å²) >= 11 is 0. The van der Waals surface area contributed by atoms with Gasteiger partial charge in [0.1, 0.15) is 48.2 Å². The topological polar surface area (TPSA) is 260 Å². The lowest BCUT2D eigenvalue weighted by Crippen LogP contribution is -2.35. The Balaban J connectivity index is 1.17. The van der Waals surface area contributed by atoms with Crippen LogP contribution in [-0.4, -0.2) is 92.7 Å². The van der Waals surface area contributed by atoms with Gasteiger partial charge in [-0.25, -0.2) is 47.8 Å². The maximum absolute atomic E-state index is 16.0. The van der Waals surface area contributed by atoms with E-state index in [1.54, 1.807) is 0 Å². The lowest BCUT2D eigenvalue weighted by atomic mass is 10.1. The number of halogens is 2. The van der Waals surface area contributed by atoms with Crippen molar-refractivity contribution in [2.75, 3.05) is 24.7 Å². The fourth-order valence-electron chi connectivity index (χ4n) is 5.70. The molecule has 1 saturated carbocycles. The second-order valence-electron chi connectivity index (χ2n) is 10.4. The zero-order valence-electron chi connectivity index (χ0n) is 22.2. The van der Waals surface area contributed by atoms with Gasteiger partial charge in [-0.05, 0) is 6.42 Å². The summed E-state index contributed by atoms with van der Waals surface area (Å²) in [6.07, 6.45) is -6.11. The van der Waals surface area contributed by atoms with Gasteiger partial charge in [0.25, 0.3) is 0 Å². The van der Waals surface area contributed by atoms with Crippen LogP contribution in [0.15, 0.2) is 25.3 Å². The summed E-state index contributed by atoms with van der Waals surface area (Å²) in [6.45, 7) is -1.54. The molecule has 2 saturated heterocycles. The van der Waals surface area contributed by atoms with Crippen molar-refractivity contribution in [1.82, 2.24) is 39.0 Å². The molecule has 2 aliphatic heterocycles. The van der Waals surface area contributed by atoms with Gasteiger partial charge in [0.05, 0.1) is 31.9 Å². The number of fused-ring (bicyclic) bond motifs is 4. The van der Waals surface area contributed by atoms with E-state index in [0.29, 0.717) is 0 Å². The predicted molar refractivity (Wildman–Crippen MR) is 142 cm³/mol. The number of nitrogens with two attached hydrogens (primary N) is 2. The van der Waals surface area contributed by atoms with Gasteiger partial charge in [-0.2, -0.15) is 0 Å². The van der Waals surface area contributed by atoms with E-state index in [0.717, 1.165) is 17.2 Å². The molecule has 236 valence electrons. The summed E-state index contributed by atoms with van der Waals surface area (Å²) in [6, 6.07) is -1.07. The summed E-state index contributed by atoms with van der Waals surface area (Å²) in [5.74, 6) is -1.01. The standard InChI is InChI=1S/C21H24F2N10O9P2/c22-11-9(32-6-30-13-17(24)26-4-28-19(13)32)1-8-2-38-43(34,35)42-16-10(3-39-44(36,37)41-15(8)11)40-21(12(16)23)33-7-31-14-18(25)27-5-29-20(14)33/h4-12,15-16,21H,1-3H2,(H,34,35)(H,36,37)(H2,24,26,28)(H2,25,27,29)/t8-,9-,10-,11?,12?,15?,16?,21-/m1/s1. The van der Waals surface area contributed by atoms with Crippen LogP contribution in [0.2, 0.25) is 0 Å². The van der Waals surface area contributed by atoms with Gasteiger partial charge in [0, 0.05) is 5.92 Å². The fourth-order valence-corrected chi connectivity index (χ4v) is 7.69. The molecule has 6 unspecified atom stereocenters. The van der Waals surface area contributed by atoms with Gasteiger partial charge in [-0.15, -0.1) is 0 Å². The van der Waals surface area contributed by atoms with Crippen LogP contribution in [0.4, 0.5) is 20.4 Å². The number of phosphoric acid groups is 2. The molecule has 0 aromatic carbocycles. The lowest BCUT2D eigenvalue weighted by molar-refractivity contribution is -0.0551. The van der Waals surface area contributed by atoms with Crippen LogP contribution in [0.25, 0.3) is 22.3 Å². The highest BCUT2D eigenvalue weighted by Crippen LogP contribution is 2.55. The summed E-state index contributed by atoms with van der Waals surface area (Å²) < 4.78 is 86.8. The average molecular weight is 660 g/mol. The molecule has 4 aromatic rings. The number of ether oxygens (including phenoxy) is 1. The molecular formula is C21H24F2N10O9P2. The van der Waals surface area contributed by atoms with Crippen molar-refractivity contribution in [2.45, 2.75) is 49.3 Å². The Labute approximate surface area is 244 Å². The maximum Gasteiger partial charge on any atom is 0.472 e. The van der Waals surface area contributed by atoms with Gasteiger partial charge in [0.15, 0.2) is 35.3 Å². The lowest BCUT2D eigenvalue weighted by Gasteiger charge is -2.28. The van der Waals surface area contributed by atoms with Gasteiger partial charge >= 0.3 is 15.6 Å². The molecule has 3 fully saturated rings. The number of imidazole rings is 2. The van der Waals surface area contributed by atoms with E-state index in [-0.39, 0.29) is 40.4 Å². The number of nitrogen functional groups attached to an aromatic ring is 2. The summed E-state index contributed by atoms with van der Waals surface area (Å²) in [7, 11) is -10.1. The molecule has 6 heterocycles. The van der Waals surface area contributed by atoms with Crippen molar-refractivity contribution < 1.29 is 50.5 Å². The second-order valence-corrected chi connectivity index (χ2v) is 13.2. The monoisotopic (exact) mass is 660 g/mol. The number of rotatable bonds is 2. The SMILES string of the molecule is Nc1ncnc2c1ncn2[C@@H]1C[C@@H]2COP(=O)(O)OC3C(F)[C@H](n4cnc5c(N)ncnc54)O[C@@H]3COP(=O)(O)OC2C1F. The van der Waals surface area contributed by atoms with Gasteiger partial charge in [-0.3, -0.25) is 22.7 Å². The van der Waals surface area contributed by atoms with Crippen LogP contribution in [0.3, 0.4) is 0 Å². The zero-order valence-corrected chi connectivity index (χ0v) is 24.0. The number of alkyl halides is 2. The Morgan fingerprint density at radius 3 is 2.02 bits per heavy atom. The summed E-state index contributed by atoms with van der Waals surface area (Å²) in [5.41, 5.74) is 12.2. The average Bonchev–Trinajstić information content (AvgIpc) is 3.73. The highest BCUT2D eigenvalue weighted by molar-refractivity contribution is 7.47. The number of nitrogens with zero attached hydrogens (tertiary/aromatic N) is 8. The van der Waals surface area contributed by atoms with Crippen LogP contribution in [0.1, 0.15) is 18.7 Å². The summed E-state index contributed by atoms with van der Waals surface area (Å²) in [5, 5.41) is 0. The predicted octanol–water partition coefficient (Wildman–Crippen LogP) is 0.983. The van der Waals surface area contributed by atoms with Crippen molar-refractivity contribution in [2.24, 2.45) is 5.92 Å². The highest BCUT2D eigenvalue weighted by atomic mass is 31.2. The van der Waals surface area contributed by atoms with E-state index in [4.69, 9.17) is 34.3 Å². The van der Waals surface area contributed by atoms with Crippen LogP contribution < -0.4 is 11.5 Å². The van der Waals surface area contributed by atoms with Crippen LogP contribution in [0, 0.1) is 5.92 Å². The Morgan fingerprint density at radius 1 is 0.795 bits per heavy atom. The normalized spacial score (nSPS) is 38.3. The van der Waals surface area contributed by atoms with Crippen molar-refractivity contribution in [3.8, 4) is 0 Å². The quantitative estimate of drug-likeness (QED) is 0.218. The molecule has 19 nitrogen and oxygen atoms in total. The van der Waals surface area contributed by atoms with Gasteiger partial charge in [0.2, 0.25) is 0 Å². The molecule has 6 N–H and O–H groups in total. The van der Waals surface area contributed by atoms with Crippen LogP contribution in [0.5, 0.6) is 0 Å². The number of hydrogen-bond donors (Lipinski definition) is 4. The number of phosphoric ester groups is 2. The smallest absolute Gasteiger partial charge is 0.382 e. The third-order valence-electron chi connectivity index (χ3n) is 7.73. The first-order chi connectivity index (χ1) is 20.9. The molecule has 3 aliphatic rings. The number of aromatic nitrogens is 8. The van der Waals surface area contributed by atoms with Crippen molar-refractivity contribution in [3.05, 3.63) is 25.3 Å². The first-order valence-corrected chi connectivity index (χ1v) is 16.0. The minimum atomic E-state index is -5.04. The number of anilines is 2. The molecule has 23 heteroatoms. The Kier molecular flexibility index (Phi) is 7.15. The van der Waals surface area contributed by atoms with E-state index < -0.39 is 77.7 Å². The first kappa shape index (κ1) is 29.5. The molecule has 10 atom stereocenters.